The molecule has 1 atom stereocenters. The second kappa shape index (κ2) is 10.5. The minimum atomic E-state index is -0.548. The van der Waals surface area contributed by atoms with Crippen molar-refractivity contribution in [3.63, 3.8) is 0 Å². The van der Waals surface area contributed by atoms with Crippen LogP contribution >= 0.6 is 11.8 Å². The van der Waals surface area contributed by atoms with Crippen LogP contribution < -0.4 is 15.5 Å². The summed E-state index contributed by atoms with van der Waals surface area (Å²) >= 11 is 1.98. The van der Waals surface area contributed by atoms with Crippen LogP contribution in [0.15, 0.2) is 23.2 Å². The third-order valence-corrected chi connectivity index (χ3v) is 6.94. The van der Waals surface area contributed by atoms with Gasteiger partial charge in [-0.25, -0.2) is 8.78 Å². The van der Waals surface area contributed by atoms with Crippen molar-refractivity contribution in [2.75, 3.05) is 50.0 Å². The molecule has 0 saturated carbocycles. The highest BCUT2D eigenvalue weighted by Gasteiger charge is 2.33. The zero-order valence-corrected chi connectivity index (χ0v) is 18.2. The van der Waals surface area contributed by atoms with Crippen molar-refractivity contribution >= 4 is 23.4 Å². The smallest absolute Gasteiger partial charge is 0.191 e. The molecule has 29 heavy (non-hydrogen) atoms. The summed E-state index contributed by atoms with van der Waals surface area (Å²) in [5, 5.41) is 6.84. The second-order valence-corrected chi connectivity index (χ2v) is 9.33. The van der Waals surface area contributed by atoms with Gasteiger partial charge in [0.25, 0.3) is 0 Å². The Morgan fingerprint density at radius 2 is 2.10 bits per heavy atom. The number of guanidine groups is 1. The number of rotatable bonds is 7. The molecule has 1 aromatic carbocycles. The van der Waals surface area contributed by atoms with Gasteiger partial charge in [-0.05, 0) is 44.1 Å². The lowest BCUT2D eigenvalue weighted by atomic mass is 9.99. The number of benzene rings is 1. The first-order valence-corrected chi connectivity index (χ1v) is 11.5. The fourth-order valence-electron chi connectivity index (χ4n) is 3.97. The molecule has 0 amide bonds. The Hall–Kier alpha value is -1.54. The van der Waals surface area contributed by atoms with Crippen molar-refractivity contribution in [3.8, 4) is 0 Å². The standard InChI is InChI=1S/C21H32F2N4OS/c1-3-24-20(25-15-21(29-4-2)8-11-28-12-9-21)26-17-7-10-27(14-17)19-6-5-16(22)13-18(19)23/h5-6,13,17H,3-4,7-12,14-15H2,1-2H3,(H2,24,25,26). The average Bonchev–Trinajstić information content (AvgIpc) is 3.15. The van der Waals surface area contributed by atoms with Crippen LogP contribution in [0.25, 0.3) is 0 Å². The molecule has 2 aliphatic rings. The molecule has 1 aromatic rings. The van der Waals surface area contributed by atoms with Gasteiger partial charge in [0.05, 0.1) is 12.2 Å². The van der Waals surface area contributed by atoms with E-state index in [1.165, 1.54) is 12.1 Å². The fourth-order valence-corrected chi connectivity index (χ4v) is 5.19. The first-order chi connectivity index (χ1) is 14.0. The lowest BCUT2D eigenvalue weighted by Crippen LogP contribution is -2.46. The molecule has 0 spiro atoms. The van der Waals surface area contributed by atoms with Gasteiger partial charge in [0.1, 0.15) is 11.6 Å². The van der Waals surface area contributed by atoms with E-state index in [1.807, 2.05) is 16.7 Å². The van der Waals surface area contributed by atoms with Crippen LogP contribution in [-0.4, -0.2) is 61.9 Å². The lowest BCUT2D eigenvalue weighted by molar-refractivity contribution is 0.0793. The van der Waals surface area contributed by atoms with Gasteiger partial charge >= 0.3 is 0 Å². The Morgan fingerprint density at radius 1 is 1.31 bits per heavy atom. The number of nitrogens with one attached hydrogen (secondary N) is 2. The second-order valence-electron chi connectivity index (χ2n) is 7.60. The Labute approximate surface area is 176 Å². The molecule has 2 fully saturated rings. The summed E-state index contributed by atoms with van der Waals surface area (Å²) in [6, 6.07) is 3.94. The van der Waals surface area contributed by atoms with Gasteiger partial charge in [-0.15, -0.1) is 0 Å². The molecule has 2 N–H and O–H groups in total. The lowest BCUT2D eigenvalue weighted by Gasteiger charge is -2.35. The van der Waals surface area contributed by atoms with Crippen LogP contribution in [0.5, 0.6) is 0 Å². The Bertz CT molecular complexity index is 692. The molecule has 162 valence electrons. The van der Waals surface area contributed by atoms with Gasteiger partial charge in [-0.1, -0.05) is 6.92 Å². The van der Waals surface area contributed by atoms with Gasteiger partial charge in [0.15, 0.2) is 5.96 Å². The topological polar surface area (TPSA) is 48.9 Å². The summed E-state index contributed by atoms with van der Waals surface area (Å²) in [4.78, 5) is 6.86. The first kappa shape index (κ1) is 22.2. The molecule has 0 aliphatic carbocycles. The highest BCUT2D eigenvalue weighted by molar-refractivity contribution is 8.00. The minimum absolute atomic E-state index is 0.147. The van der Waals surface area contributed by atoms with Gasteiger partial charge in [-0.3, -0.25) is 4.99 Å². The van der Waals surface area contributed by atoms with Crippen molar-refractivity contribution in [3.05, 3.63) is 29.8 Å². The maximum absolute atomic E-state index is 14.1. The van der Waals surface area contributed by atoms with E-state index in [0.29, 0.717) is 12.2 Å². The van der Waals surface area contributed by atoms with Gasteiger partial charge in [0, 0.05) is 49.7 Å². The number of hydrogen-bond donors (Lipinski definition) is 2. The highest BCUT2D eigenvalue weighted by atomic mass is 32.2. The Morgan fingerprint density at radius 3 is 2.79 bits per heavy atom. The number of nitrogens with zero attached hydrogens (tertiary/aromatic N) is 2. The number of aliphatic imine (C=N–C) groups is 1. The molecule has 0 bridgehead atoms. The maximum Gasteiger partial charge on any atom is 0.191 e. The maximum atomic E-state index is 14.1. The van der Waals surface area contributed by atoms with Crippen molar-refractivity contribution in [2.45, 2.75) is 43.9 Å². The molecule has 2 saturated heterocycles. The van der Waals surface area contributed by atoms with E-state index in [2.05, 4.69) is 24.5 Å². The molecule has 2 aliphatic heterocycles. The molecular formula is C21H32F2N4OS. The summed E-state index contributed by atoms with van der Waals surface area (Å²) in [7, 11) is 0. The molecule has 8 heteroatoms. The molecule has 1 unspecified atom stereocenters. The molecule has 0 aromatic heterocycles. The fraction of sp³-hybridized carbons (Fsp3) is 0.667. The van der Waals surface area contributed by atoms with E-state index < -0.39 is 11.6 Å². The zero-order valence-electron chi connectivity index (χ0n) is 17.3. The third-order valence-electron chi connectivity index (χ3n) is 5.50. The van der Waals surface area contributed by atoms with Gasteiger partial charge in [-0.2, -0.15) is 11.8 Å². The summed E-state index contributed by atoms with van der Waals surface area (Å²) in [6.45, 7) is 8.77. The number of thioether (sulfide) groups is 1. The average molecular weight is 427 g/mol. The molecule has 5 nitrogen and oxygen atoms in total. The Balaban J connectivity index is 1.62. The summed E-state index contributed by atoms with van der Waals surface area (Å²) in [6.07, 6.45) is 2.93. The normalized spacial score (nSPS) is 22.0. The van der Waals surface area contributed by atoms with Gasteiger partial charge in [0.2, 0.25) is 0 Å². The molecule has 2 heterocycles. The summed E-state index contributed by atoms with van der Waals surface area (Å²) in [5.41, 5.74) is 0.457. The van der Waals surface area contributed by atoms with Crippen LogP contribution in [0.2, 0.25) is 0 Å². The van der Waals surface area contributed by atoms with Crippen LogP contribution in [-0.2, 0) is 4.74 Å². The number of ether oxygens (including phenoxy) is 1. The van der Waals surface area contributed by atoms with Crippen molar-refractivity contribution in [2.24, 2.45) is 4.99 Å². The quantitative estimate of drug-likeness (QED) is 0.517. The van der Waals surface area contributed by atoms with E-state index >= 15 is 0 Å². The summed E-state index contributed by atoms with van der Waals surface area (Å²) in [5.74, 6) is 0.819. The van der Waals surface area contributed by atoms with E-state index in [-0.39, 0.29) is 10.8 Å². The SMILES string of the molecule is CCNC(=NCC1(SCC)CCOCC1)NC1CCN(c2ccc(F)cc2F)C1. The monoisotopic (exact) mass is 426 g/mol. The minimum Gasteiger partial charge on any atom is -0.381 e. The highest BCUT2D eigenvalue weighted by Crippen LogP contribution is 2.35. The van der Waals surface area contributed by atoms with Gasteiger partial charge < -0.3 is 20.3 Å². The van der Waals surface area contributed by atoms with Crippen molar-refractivity contribution in [1.29, 1.82) is 0 Å². The Kier molecular flexibility index (Phi) is 8.00. The molecular weight excluding hydrogens is 394 g/mol. The van der Waals surface area contributed by atoms with E-state index in [1.54, 1.807) is 0 Å². The van der Waals surface area contributed by atoms with Crippen LogP contribution in [0.3, 0.4) is 0 Å². The number of hydrogen-bond acceptors (Lipinski definition) is 4. The third kappa shape index (κ3) is 5.98. The summed E-state index contributed by atoms with van der Waals surface area (Å²) < 4.78 is 33.0. The van der Waals surface area contributed by atoms with Crippen LogP contribution in [0, 0.1) is 11.6 Å². The molecule has 0 radical (unpaired) electrons. The first-order valence-electron chi connectivity index (χ1n) is 10.5. The van der Waals surface area contributed by atoms with E-state index in [9.17, 15) is 8.78 Å². The predicted molar refractivity (Wildman–Crippen MR) is 117 cm³/mol. The largest absolute Gasteiger partial charge is 0.381 e. The zero-order chi connectivity index (χ0) is 20.7. The van der Waals surface area contributed by atoms with Crippen molar-refractivity contribution in [1.82, 2.24) is 10.6 Å². The van der Waals surface area contributed by atoms with E-state index in [4.69, 9.17) is 9.73 Å². The predicted octanol–water partition coefficient (Wildman–Crippen LogP) is 3.40. The van der Waals surface area contributed by atoms with Crippen LogP contribution in [0.4, 0.5) is 14.5 Å². The van der Waals surface area contributed by atoms with Crippen LogP contribution in [0.1, 0.15) is 33.1 Å². The number of anilines is 1. The number of halogens is 2. The van der Waals surface area contributed by atoms with E-state index in [0.717, 1.165) is 69.9 Å². The van der Waals surface area contributed by atoms with Crippen molar-refractivity contribution < 1.29 is 13.5 Å². The molecule has 3 rings (SSSR count).